The summed E-state index contributed by atoms with van der Waals surface area (Å²) >= 11 is 7.91. The number of hydrogen-bond acceptors (Lipinski definition) is 9. The lowest BCUT2D eigenvalue weighted by molar-refractivity contribution is 0.108. The molecule has 2 aromatic heterocycles. The molecule has 1 aromatic carbocycles. The van der Waals surface area contributed by atoms with Gasteiger partial charge in [-0.05, 0) is 56.4 Å². The SMILES string of the molecule is C=C1C[C@@H]2CN[C@H](CC)CN2c2nc(OCC34CCCN3CC(=C(F)F)C4)nc3c(F)c(/C=C/C=C(/F)c4cc(C#N)c(N)s4)c(Cl)c1c23. The van der Waals surface area contributed by atoms with Crippen molar-refractivity contribution in [1.29, 1.82) is 5.26 Å². The van der Waals surface area contributed by atoms with Crippen molar-refractivity contribution in [2.75, 3.05) is 43.4 Å². The molecule has 0 amide bonds. The topological polar surface area (TPSA) is 103 Å². The van der Waals surface area contributed by atoms with Crippen LogP contribution in [0.15, 0.2) is 36.5 Å². The molecule has 3 N–H and O–H groups in total. The van der Waals surface area contributed by atoms with Crippen molar-refractivity contribution in [3.05, 3.63) is 68.9 Å². The van der Waals surface area contributed by atoms with E-state index in [2.05, 4.69) is 28.7 Å². The van der Waals surface area contributed by atoms with Gasteiger partial charge in [0.15, 0.2) is 5.82 Å². The van der Waals surface area contributed by atoms with Gasteiger partial charge in [0.05, 0.1) is 26.4 Å². The van der Waals surface area contributed by atoms with Crippen LogP contribution in [0, 0.1) is 17.1 Å². The number of nitriles is 1. The van der Waals surface area contributed by atoms with Gasteiger partial charge in [-0.3, -0.25) is 4.90 Å². The number of rotatable bonds is 7. The van der Waals surface area contributed by atoms with Crippen molar-refractivity contribution in [2.45, 2.75) is 56.7 Å². The summed E-state index contributed by atoms with van der Waals surface area (Å²) in [7, 11) is 0. The van der Waals surface area contributed by atoms with Crippen LogP contribution in [0.3, 0.4) is 0 Å². The first-order valence-electron chi connectivity index (χ1n) is 16.2. The van der Waals surface area contributed by atoms with Crippen LogP contribution in [0.1, 0.15) is 60.6 Å². The molecule has 3 atom stereocenters. The summed E-state index contributed by atoms with van der Waals surface area (Å²) in [6, 6.07) is 3.33. The Balaban J connectivity index is 1.33. The smallest absolute Gasteiger partial charge is 0.319 e. The van der Waals surface area contributed by atoms with Gasteiger partial charge in [0.25, 0.3) is 6.08 Å². The van der Waals surface area contributed by atoms with Crippen LogP contribution in [0.5, 0.6) is 6.01 Å². The Morgan fingerprint density at radius 3 is 2.90 bits per heavy atom. The number of hydrogen-bond donors (Lipinski definition) is 2. The summed E-state index contributed by atoms with van der Waals surface area (Å²) < 4.78 is 65.2. The molecule has 14 heteroatoms. The molecule has 4 aliphatic rings. The lowest BCUT2D eigenvalue weighted by atomic mass is 9.94. The standard InChI is InChI=1S/C35H34ClF4N7OS/c1-3-21-16-47-22(14-43-21)10-18(2)26-27-30(29(38)23(28(26)36)6-4-7-24(37)25-11-19(13-41)32(42)49-25)44-34(45-33(27)47)48-17-35-8-5-9-46(35)15-20(12-35)31(39)40/h4,6-7,11,21-22,43H,2-3,5,8-10,12,14-17,42H2,1H3/b6-4+,24-7+/t21-,22-,35?/m1/s1. The molecule has 0 saturated carbocycles. The average molecular weight is 712 g/mol. The van der Waals surface area contributed by atoms with Gasteiger partial charge < -0.3 is 20.7 Å². The zero-order valence-corrected chi connectivity index (χ0v) is 28.3. The molecule has 3 aromatic rings. The molecule has 0 radical (unpaired) electrons. The fourth-order valence-electron chi connectivity index (χ4n) is 7.59. The van der Waals surface area contributed by atoms with E-state index in [-0.39, 0.29) is 74.8 Å². The molecular formula is C35H34ClF4N7OS. The number of allylic oxidation sites excluding steroid dienone is 2. The Bertz CT molecular complexity index is 2000. The molecule has 49 heavy (non-hydrogen) atoms. The Labute approximate surface area is 290 Å². The molecule has 6 heterocycles. The molecular weight excluding hydrogens is 678 g/mol. The molecule has 3 saturated heterocycles. The Kier molecular flexibility index (Phi) is 8.94. The van der Waals surface area contributed by atoms with Gasteiger partial charge in [-0.15, -0.1) is 11.3 Å². The maximum Gasteiger partial charge on any atom is 0.319 e. The van der Waals surface area contributed by atoms with Crippen LogP contribution in [0.2, 0.25) is 5.02 Å². The van der Waals surface area contributed by atoms with E-state index < -0.39 is 23.3 Å². The normalized spacial score (nSPS) is 24.0. The number of aromatic nitrogens is 2. The number of nitrogens with zero attached hydrogens (tertiary/aromatic N) is 5. The molecule has 8 nitrogen and oxygen atoms in total. The van der Waals surface area contributed by atoms with Gasteiger partial charge >= 0.3 is 6.01 Å². The summed E-state index contributed by atoms with van der Waals surface area (Å²) in [6.07, 6.45) is 5.32. The Morgan fingerprint density at radius 2 is 2.16 bits per heavy atom. The zero-order chi connectivity index (χ0) is 34.6. The molecule has 1 unspecified atom stereocenters. The third-order valence-corrected chi connectivity index (χ3v) is 11.5. The second kappa shape index (κ2) is 13.1. The monoisotopic (exact) mass is 711 g/mol. The number of thiophene rings is 1. The maximum atomic E-state index is 16.7. The number of nitrogen functional groups attached to an aromatic ring is 1. The number of nitrogens with two attached hydrogens (primary N) is 1. The van der Waals surface area contributed by atoms with E-state index in [1.54, 1.807) is 0 Å². The van der Waals surface area contributed by atoms with Crippen molar-refractivity contribution in [1.82, 2.24) is 20.2 Å². The van der Waals surface area contributed by atoms with Crippen LogP contribution in [-0.2, 0) is 0 Å². The summed E-state index contributed by atoms with van der Waals surface area (Å²) in [6.45, 7) is 8.64. The first-order valence-corrected chi connectivity index (χ1v) is 17.4. The molecule has 0 spiro atoms. The van der Waals surface area contributed by atoms with E-state index >= 15 is 8.78 Å². The molecule has 256 valence electrons. The van der Waals surface area contributed by atoms with Crippen LogP contribution in [-0.4, -0.2) is 65.3 Å². The Hall–Kier alpha value is -3.96. The third-order valence-electron chi connectivity index (χ3n) is 10.1. The predicted octanol–water partition coefficient (Wildman–Crippen LogP) is 7.70. The van der Waals surface area contributed by atoms with E-state index in [0.29, 0.717) is 54.8 Å². The second-order valence-corrected chi connectivity index (χ2v) is 14.5. The summed E-state index contributed by atoms with van der Waals surface area (Å²) in [5.74, 6) is -0.913. The fourth-order valence-corrected chi connectivity index (χ4v) is 8.76. The summed E-state index contributed by atoms with van der Waals surface area (Å²) in [5, 5.41) is 13.5. The number of benzene rings is 1. The third kappa shape index (κ3) is 5.88. The lowest BCUT2D eigenvalue weighted by Crippen LogP contribution is -2.56. The Morgan fingerprint density at radius 1 is 1.35 bits per heavy atom. The number of piperazine rings is 1. The molecule has 3 fully saturated rings. The van der Waals surface area contributed by atoms with Gasteiger partial charge in [-0.25, -0.2) is 8.78 Å². The zero-order valence-electron chi connectivity index (χ0n) is 26.8. The van der Waals surface area contributed by atoms with Crippen molar-refractivity contribution in [3.8, 4) is 12.1 Å². The van der Waals surface area contributed by atoms with Crippen molar-refractivity contribution >= 4 is 62.1 Å². The minimum absolute atomic E-state index is 0.0117. The van der Waals surface area contributed by atoms with Crippen molar-refractivity contribution in [3.63, 3.8) is 0 Å². The van der Waals surface area contributed by atoms with Crippen LogP contribution >= 0.6 is 22.9 Å². The van der Waals surface area contributed by atoms with E-state index in [1.807, 2.05) is 11.0 Å². The van der Waals surface area contributed by atoms with Gasteiger partial charge in [0, 0.05) is 48.4 Å². The van der Waals surface area contributed by atoms with Crippen molar-refractivity contribution < 1.29 is 22.3 Å². The highest BCUT2D eigenvalue weighted by Gasteiger charge is 2.48. The highest BCUT2D eigenvalue weighted by Crippen LogP contribution is 2.47. The van der Waals surface area contributed by atoms with Gasteiger partial charge in [0.1, 0.15) is 34.8 Å². The lowest BCUT2D eigenvalue weighted by Gasteiger charge is -2.40. The van der Waals surface area contributed by atoms with E-state index in [1.165, 1.54) is 18.2 Å². The highest BCUT2D eigenvalue weighted by atomic mass is 35.5. The minimum Gasteiger partial charge on any atom is -0.461 e. The molecule has 0 aliphatic carbocycles. The highest BCUT2D eigenvalue weighted by molar-refractivity contribution is 7.17. The van der Waals surface area contributed by atoms with Gasteiger partial charge in [-0.1, -0.05) is 37.3 Å². The molecule has 7 rings (SSSR count). The van der Waals surface area contributed by atoms with E-state index in [4.69, 9.17) is 27.1 Å². The first kappa shape index (κ1) is 33.5. The number of halogens is 5. The average Bonchev–Trinajstić information content (AvgIpc) is 3.75. The van der Waals surface area contributed by atoms with Gasteiger partial charge in [0.2, 0.25) is 0 Å². The largest absolute Gasteiger partial charge is 0.461 e. The predicted molar refractivity (Wildman–Crippen MR) is 186 cm³/mol. The van der Waals surface area contributed by atoms with Gasteiger partial charge in [-0.2, -0.15) is 24.0 Å². The minimum atomic E-state index is -1.65. The maximum absolute atomic E-state index is 16.7. The van der Waals surface area contributed by atoms with Crippen LogP contribution in [0.25, 0.3) is 28.4 Å². The van der Waals surface area contributed by atoms with Crippen LogP contribution in [0.4, 0.5) is 28.4 Å². The number of nitrogens with one attached hydrogen (secondary N) is 1. The first-order chi connectivity index (χ1) is 23.5. The number of ether oxygens (including phenoxy) is 1. The summed E-state index contributed by atoms with van der Waals surface area (Å²) in [5.41, 5.74) is 6.64. The van der Waals surface area contributed by atoms with Crippen molar-refractivity contribution in [2.24, 2.45) is 0 Å². The van der Waals surface area contributed by atoms with Crippen LogP contribution < -0.4 is 20.7 Å². The second-order valence-electron chi connectivity index (χ2n) is 13.1. The molecule has 4 aliphatic heterocycles. The van der Waals surface area contributed by atoms with E-state index in [9.17, 15) is 14.0 Å². The quantitative estimate of drug-likeness (QED) is 0.190. The van der Waals surface area contributed by atoms with E-state index in [0.717, 1.165) is 30.3 Å². The fraction of sp³-hybridized carbons (Fsp3) is 0.400. The summed E-state index contributed by atoms with van der Waals surface area (Å²) in [4.78, 5) is 13.8. The molecule has 0 bridgehead atoms. The number of anilines is 2. The number of fused-ring (bicyclic) bond motifs is 3.